The van der Waals surface area contributed by atoms with Crippen molar-refractivity contribution in [3.63, 3.8) is 0 Å². The van der Waals surface area contributed by atoms with Crippen LogP contribution >= 0.6 is 7.26 Å². The lowest BCUT2D eigenvalue weighted by Gasteiger charge is -2.44. The molecule has 0 nitrogen and oxygen atoms in total. The SMILES string of the molecule is CCCCCCCCCCCCCCCCCC[P+](CCCCCC)(CCCCCC)CCCCCC.c1ccc([B-](c2ccccc2)(c2ccccc2)c2ccccc2)cc1. The molecule has 0 unspecified atom stereocenters. The van der Waals surface area contributed by atoms with Gasteiger partial charge < -0.3 is 0 Å². The lowest BCUT2D eigenvalue weighted by molar-refractivity contribution is 0.531. The van der Waals surface area contributed by atoms with Crippen molar-refractivity contribution < 1.29 is 0 Å². The fourth-order valence-electron chi connectivity index (χ4n) is 10.4. The molecular weight excluding hydrogens is 762 g/mol. The monoisotopic (exact) mass is 859 g/mol. The van der Waals surface area contributed by atoms with Crippen LogP contribution in [0.4, 0.5) is 0 Å². The molecule has 0 aliphatic heterocycles. The van der Waals surface area contributed by atoms with Crippen molar-refractivity contribution in [3.8, 4) is 0 Å². The van der Waals surface area contributed by atoms with Crippen molar-refractivity contribution in [2.24, 2.45) is 0 Å². The zero-order valence-electron chi connectivity index (χ0n) is 41.2. The van der Waals surface area contributed by atoms with Crippen LogP contribution in [0.2, 0.25) is 0 Å². The lowest BCUT2D eigenvalue weighted by atomic mass is 9.13. The Morgan fingerprint density at radius 2 is 0.419 bits per heavy atom. The summed E-state index contributed by atoms with van der Waals surface area (Å²) in [6, 6.07) is 43.5. The molecular formula is C60H96BP. The molecule has 2 heteroatoms. The zero-order chi connectivity index (χ0) is 44.1. The largest absolute Gasteiger partial charge is 0.195 e. The molecule has 0 atom stereocenters. The molecule has 0 saturated heterocycles. The Morgan fingerprint density at radius 1 is 0.242 bits per heavy atom. The smallest absolute Gasteiger partial charge is 0.108 e. The Balaban J connectivity index is 0.000000351. The van der Waals surface area contributed by atoms with E-state index in [0.717, 1.165) is 0 Å². The summed E-state index contributed by atoms with van der Waals surface area (Å²) in [6.45, 7) is 9.42. The molecule has 0 amide bonds. The van der Waals surface area contributed by atoms with E-state index in [1.165, 1.54) is 176 Å². The van der Waals surface area contributed by atoms with E-state index in [2.05, 4.69) is 149 Å². The first kappa shape index (κ1) is 53.7. The van der Waals surface area contributed by atoms with Gasteiger partial charge in [0.2, 0.25) is 0 Å². The van der Waals surface area contributed by atoms with Crippen molar-refractivity contribution in [2.45, 2.75) is 207 Å². The first-order chi connectivity index (χ1) is 30.7. The van der Waals surface area contributed by atoms with Crippen molar-refractivity contribution in [1.82, 2.24) is 0 Å². The minimum atomic E-state index is -1.22. The molecule has 0 fully saturated rings. The molecule has 0 bridgehead atoms. The number of hydrogen-bond donors (Lipinski definition) is 0. The predicted molar refractivity (Wildman–Crippen MR) is 288 cm³/mol. The molecule has 0 saturated carbocycles. The van der Waals surface area contributed by atoms with Gasteiger partial charge in [-0.3, -0.25) is 0 Å². The average Bonchev–Trinajstić information content (AvgIpc) is 3.32. The van der Waals surface area contributed by atoms with Crippen LogP contribution in [0.25, 0.3) is 0 Å². The Labute approximate surface area is 386 Å². The Kier molecular flexibility index (Phi) is 30.9. The minimum Gasteiger partial charge on any atom is -0.195 e. The van der Waals surface area contributed by atoms with E-state index < -0.39 is 13.4 Å². The fraction of sp³-hybridized carbons (Fsp3) is 0.600. The molecule has 4 aromatic rings. The summed E-state index contributed by atoms with van der Waals surface area (Å²) in [4.78, 5) is 0. The summed E-state index contributed by atoms with van der Waals surface area (Å²) in [5.74, 6) is 0. The van der Waals surface area contributed by atoms with E-state index in [0.29, 0.717) is 0 Å². The molecule has 0 aliphatic rings. The summed E-state index contributed by atoms with van der Waals surface area (Å²) in [5, 5.41) is 0. The molecule has 4 rings (SSSR count). The maximum Gasteiger partial charge on any atom is 0.108 e. The fourth-order valence-corrected chi connectivity index (χ4v) is 15.3. The van der Waals surface area contributed by atoms with E-state index in [4.69, 9.17) is 0 Å². The van der Waals surface area contributed by atoms with Gasteiger partial charge in [0.1, 0.15) is 6.15 Å². The average molecular weight is 859 g/mol. The maximum atomic E-state index is 2.37. The van der Waals surface area contributed by atoms with Crippen LogP contribution in [-0.4, -0.2) is 30.8 Å². The lowest BCUT2D eigenvalue weighted by Crippen LogP contribution is -2.74. The minimum absolute atomic E-state index is 0.705. The number of rotatable bonds is 36. The topological polar surface area (TPSA) is 0 Å². The van der Waals surface area contributed by atoms with Crippen LogP contribution < -0.4 is 21.9 Å². The molecule has 4 aromatic carbocycles. The zero-order valence-corrected chi connectivity index (χ0v) is 42.1. The Hall–Kier alpha value is -2.63. The van der Waals surface area contributed by atoms with Crippen LogP contribution in [0.3, 0.4) is 0 Å². The van der Waals surface area contributed by atoms with E-state index in [-0.39, 0.29) is 0 Å². The quantitative estimate of drug-likeness (QED) is 0.0243. The van der Waals surface area contributed by atoms with Crippen molar-refractivity contribution >= 4 is 35.3 Å². The van der Waals surface area contributed by atoms with Gasteiger partial charge in [-0.05, 0) is 51.4 Å². The van der Waals surface area contributed by atoms with Gasteiger partial charge in [0.15, 0.2) is 0 Å². The van der Waals surface area contributed by atoms with Crippen molar-refractivity contribution in [3.05, 3.63) is 121 Å². The molecule has 0 aliphatic carbocycles. The van der Waals surface area contributed by atoms with Crippen LogP contribution in [-0.2, 0) is 0 Å². The molecule has 0 spiro atoms. The van der Waals surface area contributed by atoms with E-state index in [9.17, 15) is 0 Å². The summed E-state index contributed by atoms with van der Waals surface area (Å²) < 4.78 is 0. The van der Waals surface area contributed by atoms with E-state index in [1.807, 2.05) is 0 Å². The van der Waals surface area contributed by atoms with Gasteiger partial charge in [0, 0.05) is 7.26 Å². The van der Waals surface area contributed by atoms with Gasteiger partial charge in [0.05, 0.1) is 24.6 Å². The highest BCUT2D eigenvalue weighted by atomic mass is 31.2. The summed E-state index contributed by atoms with van der Waals surface area (Å²) in [6.07, 6.45) is 46.9. The highest BCUT2D eigenvalue weighted by molar-refractivity contribution is 7.75. The third kappa shape index (κ3) is 20.9. The highest BCUT2D eigenvalue weighted by Crippen LogP contribution is 2.61. The van der Waals surface area contributed by atoms with Crippen LogP contribution in [0, 0.1) is 0 Å². The maximum absolute atomic E-state index is 2.37. The van der Waals surface area contributed by atoms with Crippen LogP contribution in [0.5, 0.6) is 0 Å². The van der Waals surface area contributed by atoms with Gasteiger partial charge >= 0.3 is 0 Å². The molecule has 0 aromatic heterocycles. The Bertz CT molecular complexity index is 1340. The number of benzene rings is 4. The van der Waals surface area contributed by atoms with Crippen LogP contribution in [0.15, 0.2) is 121 Å². The molecule has 0 heterocycles. The molecule has 344 valence electrons. The third-order valence-electron chi connectivity index (χ3n) is 14.1. The van der Waals surface area contributed by atoms with Crippen molar-refractivity contribution in [2.75, 3.05) is 24.6 Å². The third-order valence-corrected chi connectivity index (χ3v) is 19.2. The first-order valence-corrected chi connectivity index (χ1v) is 29.4. The summed E-state index contributed by atoms with van der Waals surface area (Å²) in [7, 11) is -0.705. The predicted octanol–water partition coefficient (Wildman–Crippen LogP) is 17.1. The second-order valence-electron chi connectivity index (χ2n) is 19.2. The highest BCUT2D eigenvalue weighted by Gasteiger charge is 2.35. The van der Waals surface area contributed by atoms with Crippen molar-refractivity contribution in [1.29, 1.82) is 0 Å². The van der Waals surface area contributed by atoms with E-state index >= 15 is 0 Å². The summed E-state index contributed by atoms with van der Waals surface area (Å²) in [5.41, 5.74) is 5.36. The van der Waals surface area contributed by atoms with Gasteiger partial charge in [-0.25, -0.2) is 0 Å². The molecule has 0 N–H and O–H groups in total. The number of hydrogen-bond acceptors (Lipinski definition) is 0. The van der Waals surface area contributed by atoms with Gasteiger partial charge in [-0.2, -0.15) is 21.9 Å². The molecule has 62 heavy (non-hydrogen) atoms. The van der Waals surface area contributed by atoms with Crippen LogP contribution in [0.1, 0.15) is 207 Å². The molecule has 0 radical (unpaired) electrons. The number of unbranched alkanes of at least 4 members (excludes halogenated alkanes) is 24. The second-order valence-corrected chi connectivity index (χ2v) is 23.7. The van der Waals surface area contributed by atoms with E-state index in [1.54, 1.807) is 50.3 Å². The Morgan fingerprint density at radius 3 is 0.629 bits per heavy atom. The van der Waals surface area contributed by atoms with Gasteiger partial charge in [0.25, 0.3) is 0 Å². The van der Waals surface area contributed by atoms with Gasteiger partial charge in [-0.15, -0.1) is 0 Å². The summed E-state index contributed by atoms with van der Waals surface area (Å²) >= 11 is 0. The standard InChI is InChI=1S/C36H76P.C24H20B/c1-5-9-13-17-18-19-20-21-22-23-24-25-26-27-28-32-36-37(33-29-14-10-6-2,34-30-15-11-7-3)35-31-16-12-8-4;1-5-13-21(14-6-1)25(22-15-7-2-8-16-22,23-17-9-3-10-18-23)24-19-11-4-12-20-24/h5-36H2,1-4H3;1-20H/q+1;-1. The normalized spacial score (nSPS) is 11.7. The first-order valence-electron chi connectivity index (χ1n) is 26.9. The van der Waals surface area contributed by atoms with Gasteiger partial charge in [-0.1, -0.05) is 277 Å². The second kappa shape index (κ2) is 35.7.